The molecule has 0 atom stereocenters. The number of halogens is 1. The Balaban J connectivity index is 1.67. The minimum Gasteiger partial charge on any atom is -0.473 e. The van der Waals surface area contributed by atoms with Crippen LogP contribution in [-0.2, 0) is 20.1 Å². The fourth-order valence-electron chi connectivity index (χ4n) is 3.55. The molecule has 0 aliphatic rings. The Morgan fingerprint density at radius 2 is 1.94 bits per heavy atom. The van der Waals surface area contributed by atoms with Gasteiger partial charge in [0.2, 0.25) is 5.88 Å². The normalized spacial score (nSPS) is 11.0. The Bertz CT molecular complexity index is 1330. The first-order valence-electron chi connectivity index (χ1n) is 10.2. The second-order valence-corrected chi connectivity index (χ2v) is 7.46. The topological polar surface area (TPSA) is 87.7 Å². The Hall–Kier alpha value is -3.88. The molecular weight excluding hydrogens is 411 g/mol. The summed E-state index contributed by atoms with van der Waals surface area (Å²) in [5, 5.41) is 7.78. The van der Waals surface area contributed by atoms with Crippen LogP contribution in [-0.4, -0.2) is 29.8 Å². The first-order chi connectivity index (χ1) is 15.4. The van der Waals surface area contributed by atoms with Gasteiger partial charge in [-0.2, -0.15) is 9.36 Å². The first kappa shape index (κ1) is 21.4. The molecule has 0 aliphatic heterocycles. The van der Waals surface area contributed by atoms with Crippen molar-refractivity contribution in [1.29, 1.82) is 0 Å². The maximum atomic E-state index is 13.2. The van der Waals surface area contributed by atoms with Crippen LogP contribution in [0.5, 0.6) is 5.88 Å². The highest BCUT2D eigenvalue weighted by Gasteiger charge is 2.16. The lowest BCUT2D eigenvalue weighted by Gasteiger charge is -2.16. The van der Waals surface area contributed by atoms with Gasteiger partial charge >= 0.3 is 5.69 Å². The van der Waals surface area contributed by atoms with Gasteiger partial charge < -0.3 is 4.74 Å². The van der Waals surface area contributed by atoms with Gasteiger partial charge in [-0.3, -0.25) is 4.98 Å². The molecule has 3 heterocycles. The molecule has 0 aliphatic carbocycles. The van der Waals surface area contributed by atoms with Gasteiger partial charge in [-0.05, 0) is 60.5 Å². The molecule has 32 heavy (non-hydrogen) atoms. The van der Waals surface area contributed by atoms with E-state index >= 15 is 0 Å². The fourth-order valence-corrected chi connectivity index (χ4v) is 3.55. The molecule has 0 radical (unpaired) electrons. The van der Waals surface area contributed by atoms with Crippen LogP contribution in [0.3, 0.4) is 0 Å². The number of benzene rings is 1. The third kappa shape index (κ3) is 4.01. The van der Waals surface area contributed by atoms with Crippen LogP contribution in [0.1, 0.15) is 29.3 Å². The molecule has 8 nitrogen and oxygen atoms in total. The van der Waals surface area contributed by atoms with Crippen LogP contribution in [0.25, 0.3) is 16.9 Å². The second-order valence-electron chi connectivity index (χ2n) is 7.46. The van der Waals surface area contributed by atoms with Gasteiger partial charge in [0, 0.05) is 23.7 Å². The van der Waals surface area contributed by atoms with Gasteiger partial charge in [-0.1, -0.05) is 19.1 Å². The largest absolute Gasteiger partial charge is 0.473 e. The number of ether oxygens (including phenoxy) is 1. The first-order valence-corrected chi connectivity index (χ1v) is 10.2. The van der Waals surface area contributed by atoms with Crippen molar-refractivity contribution < 1.29 is 9.13 Å². The summed E-state index contributed by atoms with van der Waals surface area (Å²) < 4.78 is 21.8. The van der Waals surface area contributed by atoms with Gasteiger partial charge in [0.05, 0.1) is 23.3 Å². The summed E-state index contributed by atoms with van der Waals surface area (Å²) >= 11 is 0. The van der Waals surface area contributed by atoms with Gasteiger partial charge in [-0.15, -0.1) is 0 Å². The molecule has 0 N–H and O–H groups in total. The number of nitrogens with zero attached hydrogens (tertiary/aromatic N) is 6. The molecule has 3 aromatic heterocycles. The van der Waals surface area contributed by atoms with Gasteiger partial charge in [0.15, 0.2) is 0 Å². The lowest BCUT2D eigenvalue weighted by molar-refractivity contribution is 0.289. The predicted molar refractivity (Wildman–Crippen MR) is 117 cm³/mol. The Morgan fingerprint density at radius 3 is 2.59 bits per heavy atom. The van der Waals surface area contributed by atoms with Crippen molar-refractivity contribution in [2.75, 3.05) is 0 Å². The van der Waals surface area contributed by atoms with Crippen molar-refractivity contribution in [3.63, 3.8) is 0 Å². The zero-order valence-electron chi connectivity index (χ0n) is 18.3. The van der Waals surface area contributed by atoms with Crippen molar-refractivity contribution >= 4 is 0 Å². The second kappa shape index (κ2) is 8.70. The van der Waals surface area contributed by atoms with E-state index in [1.54, 1.807) is 13.1 Å². The molecule has 164 valence electrons. The van der Waals surface area contributed by atoms with E-state index in [0.717, 1.165) is 34.4 Å². The summed E-state index contributed by atoms with van der Waals surface area (Å²) in [4.78, 5) is 21.2. The average Bonchev–Trinajstić information content (AvgIpc) is 3.12. The van der Waals surface area contributed by atoms with Crippen LogP contribution in [0.15, 0.2) is 47.4 Å². The van der Waals surface area contributed by atoms with Crippen LogP contribution in [0.2, 0.25) is 0 Å². The zero-order valence-corrected chi connectivity index (χ0v) is 18.3. The van der Waals surface area contributed by atoms with E-state index in [1.165, 1.54) is 21.6 Å². The number of aromatic nitrogens is 6. The number of aryl methyl sites for hydroxylation is 4. The Kier molecular flexibility index (Phi) is 5.81. The average molecular weight is 434 g/mol. The quantitative estimate of drug-likeness (QED) is 0.463. The molecular formula is C23H23FN6O2. The van der Waals surface area contributed by atoms with Crippen LogP contribution >= 0.6 is 0 Å². The molecule has 0 bridgehead atoms. The van der Waals surface area contributed by atoms with Crippen LogP contribution in [0, 0.1) is 19.7 Å². The third-order valence-electron chi connectivity index (χ3n) is 5.29. The van der Waals surface area contributed by atoms with Gasteiger partial charge in [0.1, 0.15) is 12.4 Å². The number of tetrazole rings is 1. The lowest BCUT2D eigenvalue weighted by Crippen LogP contribution is -2.23. The summed E-state index contributed by atoms with van der Waals surface area (Å²) in [6.07, 6.45) is 1.95. The van der Waals surface area contributed by atoms with Crippen LogP contribution < -0.4 is 10.4 Å². The molecule has 4 aromatic rings. The minimum atomic E-state index is -0.386. The van der Waals surface area contributed by atoms with E-state index < -0.39 is 0 Å². The molecule has 0 spiro atoms. The third-order valence-corrected chi connectivity index (χ3v) is 5.29. The highest BCUT2D eigenvalue weighted by atomic mass is 19.1. The van der Waals surface area contributed by atoms with Crippen molar-refractivity contribution in [1.82, 2.24) is 29.8 Å². The van der Waals surface area contributed by atoms with Crippen molar-refractivity contribution in [2.24, 2.45) is 7.05 Å². The summed E-state index contributed by atoms with van der Waals surface area (Å²) in [6, 6.07) is 10.6. The molecule has 0 saturated heterocycles. The SMILES string of the molecule is CCc1cccc(-n2nnn(C)c2=O)c1COc1nc(C)c(-c2ccc(F)cn2)cc1C. The maximum Gasteiger partial charge on any atom is 0.368 e. The maximum absolute atomic E-state index is 13.2. The lowest BCUT2D eigenvalue weighted by atomic mass is 10.0. The fraction of sp³-hybridized carbons (Fsp3) is 0.261. The van der Waals surface area contributed by atoms with Crippen molar-refractivity contribution in [2.45, 2.75) is 33.8 Å². The number of hydrogen-bond acceptors (Lipinski definition) is 6. The standard InChI is InChI=1S/C23H23FN6O2/c1-5-16-7-6-8-21(30-23(31)29(4)27-28-30)19(16)13-32-22-14(2)11-18(15(3)26-22)20-10-9-17(24)12-25-20/h6-12H,5,13H2,1-4H3. The molecule has 9 heteroatoms. The molecule has 4 rings (SSSR count). The number of pyridine rings is 2. The van der Waals surface area contributed by atoms with Crippen molar-refractivity contribution in [3.8, 4) is 22.8 Å². The smallest absolute Gasteiger partial charge is 0.368 e. The summed E-state index contributed by atoms with van der Waals surface area (Å²) in [7, 11) is 1.55. The Morgan fingerprint density at radius 1 is 1.12 bits per heavy atom. The highest BCUT2D eigenvalue weighted by molar-refractivity contribution is 5.63. The highest BCUT2D eigenvalue weighted by Crippen LogP contribution is 2.28. The molecule has 0 fully saturated rings. The zero-order chi connectivity index (χ0) is 22.8. The van der Waals surface area contributed by atoms with E-state index in [2.05, 4.69) is 20.4 Å². The van der Waals surface area contributed by atoms with Crippen LogP contribution in [0.4, 0.5) is 4.39 Å². The van der Waals surface area contributed by atoms with Gasteiger partial charge in [0.25, 0.3) is 0 Å². The molecule has 0 saturated carbocycles. The molecule has 0 unspecified atom stereocenters. The van der Waals surface area contributed by atoms with E-state index in [-0.39, 0.29) is 18.1 Å². The van der Waals surface area contributed by atoms with E-state index in [9.17, 15) is 9.18 Å². The molecule has 0 amide bonds. The van der Waals surface area contributed by atoms with Crippen molar-refractivity contribution in [3.05, 3.63) is 81.3 Å². The minimum absolute atomic E-state index is 0.212. The summed E-state index contributed by atoms with van der Waals surface area (Å²) in [5.74, 6) is 0.0976. The monoisotopic (exact) mass is 434 g/mol. The van der Waals surface area contributed by atoms with Gasteiger partial charge in [-0.25, -0.2) is 14.2 Å². The number of hydrogen-bond donors (Lipinski definition) is 0. The molecule has 1 aromatic carbocycles. The van der Waals surface area contributed by atoms with E-state index in [0.29, 0.717) is 17.3 Å². The van der Waals surface area contributed by atoms with E-state index in [4.69, 9.17) is 4.74 Å². The number of rotatable bonds is 6. The summed E-state index contributed by atoms with van der Waals surface area (Å²) in [6.45, 7) is 6.01. The summed E-state index contributed by atoms with van der Waals surface area (Å²) in [5.41, 5.74) is 5.19. The Labute approximate surface area is 184 Å². The predicted octanol–water partition coefficient (Wildman–Crippen LogP) is 3.32. The van der Waals surface area contributed by atoms with E-state index in [1.807, 2.05) is 45.0 Å².